The van der Waals surface area contributed by atoms with Crippen LogP contribution in [0.1, 0.15) is 44.9 Å². The van der Waals surface area contributed by atoms with Crippen LogP contribution >= 0.6 is 0 Å². The average Bonchev–Trinajstić information content (AvgIpc) is 2.70. The molecule has 2 N–H and O–H groups in total. The first-order valence-electron chi connectivity index (χ1n) is 4.79. The molecule has 0 heterocycles. The summed E-state index contributed by atoms with van der Waals surface area (Å²) in [6, 6.07) is 0.608. The predicted molar refractivity (Wildman–Crippen MR) is 44.2 cm³/mol. The molecule has 0 aromatic carbocycles. The summed E-state index contributed by atoms with van der Waals surface area (Å²) in [5.41, 5.74) is -0.442. The second-order valence-corrected chi connectivity index (χ2v) is 4.01. The maximum absolute atomic E-state index is 9.57. The largest absolute Gasteiger partial charge is 0.376 e. The van der Waals surface area contributed by atoms with Crippen molar-refractivity contribution in [3.05, 3.63) is 0 Å². The molecule has 0 saturated heterocycles. The van der Waals surface area contributed by atoms with Crippen LogP contribution in [-0.2, 0) is 0 Å². The third-order valence-electron chi connectivity index (χ3n) is 2.80. The van der Waals surface area contributed by atoms with E-state index < -0.39 is 5.72 Å². The van der Waals surface area contributed by atoms with Gasteiger partial charge in [0.05, 0.1) is 0 Å². The summed E-state index contributed by atoms with van der Waals surface area (Å²) in [5.74, 6) is 0. The van der Waals surface area contributed by atoms with Crippen molar-refractivity contribution in [1.29, 1.82) is 0 Å². The lowest BCUT2D eigenvalue weighted by molar-refractivity contribution is 0.0887. The Hall–Kier alpha value is -0.0800. The molecule has 2 rings (SSSR count). The lowest BCUT2D eigenvalue weighted by atomic mass is 9.95. The van der Waals surface area contributed by atoms with Crippen LogP contribution in [0.2, 0.25) is 0 Å². The predicted octanol–water partition coefficient (Wildman–Crippen LogP) is 1.39. The molecule has 2 saturated carbocycles. The van der Waals surface area contributed by atoms with Crippen LogP contribution in [0.3, 0.4) is 0 Å². The molecule has 0 radical (unpaired) electrons. The van der Waals surface area contributed by atoms with E-state index in [0.717, 1.165) is 12.8 Å². The third kappa shape index (κ3) is 1.94. The van der Waals surface area contributed by atoms with Gasteiger partial charge >= 0.3 is 0 Å². The first-order chi connectivity index (χ1) is 5.29. The number of hydrogen-bond acceptors (Lipinski definition) is 2. The van der Waals surface area contributed by atoms with Crippen LogP contribution in [0.15, 0.2) is 0 Å². The minimum absolute atomic E-state index is 0.442. The van der Waals surface area contributed by atoms with E-state index in [1.165, 1.54) is 32.1 Å². The van der Waals surface area contributed by atoms with Crippen molar-refractivity contribution in [2.45, 2.75) is 56.7 Å². The van der Waals surface area contributed by atoms with Gasteiger partial charge in [0.1, 0.15) is 5.72 Å². The van der Waals surface area contributed by atoms with Gasteiger partial charge in [0, 0.05) is 6.04 Å². The van der Waals surface area contributed by atoms with Gasteiger partial charge in [0.15, 0.2) is 0 Å². The van der Waals surface area contributed by atoms with Gasteiger partial charge in [-0.2, -0.15) is 0 Å². The van der Waals surface area contributed by atoms with Crippen molar-refractivity contribution in [2.75, 3.05) is 0 Å². The molecule has 2 aliphatic rings. The fourth-order valence-corrected chi connectivity index (χ4v) is 1.89. The lowest BCUT2D eigenvalue weighted by Gasteiger charge is -2.25. The number of aliphatic hydroxyl groups is 1. The van der Waals surface area contributed by atoms with Gasteiger partial charge in [0.2, 0.25) is 0 Å². The van der Waals surface area contributed by atoms with Crippen molar-refractivity contribution in [3.8, 4) is 0 Å². The zero-order valence-corrected chi connectivity index (χ0v) is 6.97. The van der Waals surface area contributed by atoms with E-state index in [-0.39, 0.29) is 0 Å². The van der Waals surface area contributed by atoms with E-state index in [2.05, 4.69) is 5.32 Å². The molecule has 0 spiro atoms. The Morgan fingerprint density at radius 2 is 1.73 bits per heavy atom. The Balaban J connectivity index is 1.76. The quantitative estimate of drug-likeness (QED) is 0.591. The highest BCUT2D eigenvalue weighted by Gasteiger charge is 2.41. The zero-order chi connectivity index (χ0) is 7.73. The van der Waals surface area contributed by atoms with Gasteiger partial charge in [-0.15, -0.1) is 0 Å². The summed E-state index contributed by atoms with van der Waals surface area (Å²) in [5, 5.41) is 12.9. The zero-order valence-electron chi connectivity index (χ0n) is 6.97. The minimum atomic E-state index is -0.442. The van der Waals surface area contributed by atoms with Crippen molar-refractivity contribution in [2.24, 2.45) is 0 Å². The van der Waals surface area contributed by atoms with Gasteiger partial charge < -0.3 is 5.11 Å². The van der Waals surface area contributed by atoms with Gasteiger partial charge in [-0.05, 0) is 25.7 Å². The molecule has 0 amide bonds. The lowest BCUT2D eigenvalue weighted by Crippen LogP contribution is -2.40. The van der Waals surface area contributed by atoms with Crippen LogP contribution in [-0.4, -0.2) is 16.9 Å². The summed E-state index contributed by atoms with van der Waals surface area (Å²) in [4.78, 5) is 0. The summed E-state index contributed by atoms with van der Waals surface area (Å²) >= 11 is 0. The highest BCUT2D eigenvalue weighted by atomic mass is 16.3. The summed E-state index contributed by atoms with van der Waals surface area (Å²) in [7, 11) is 0. The van der Waals surface area contributed by atoms with Crippen LogP contribution in [0.4, 0.5) is 0 Å². The summed E-state index contributed by atoms with van der Waals surface area (Å²) in [6.45, 7) is 0. The number of rotatable bonds is 2. The monoisotopic (exact) mass is 155 g/mol. The fourth-order valence-electron chi connectivity index (χ4n) is 1.89. The van der Waals surface area contributed by atoms with Gasteiger partial charge in [0.25, 0.3) is 0 Å². The number of nitrogens with one attached hydrogen (secondary N) is 1. The molecular formula is C9H17NO. The van der Waals surface area contributed by atoms with E-state index in [1.54, 1.807) is 0 Å². The number of hydrogen-bond donors (Lipinski definition) is 2. The smallest absolute Gasteiger partial charge is 0.116 e. The van der Waals surface area contributed by atoms with E-state index in [0.29, 0.717) is 6.04 Å². The molecule has 0 aromatic heterocycles. The normalized spacial score (nSPS) is 30.3. The maximum Gasteiger partial charge on any atom is 0.116 e. The SMILES string of the molecule is OC1(NC2CCCCC2)CC1. The molecule has 64 valence electrons. The van der Waals surface area contributed by atoms with E-state index in [4.69, 9.17) is 0 Å². The van der Waals surface area contributed by atoms with Crippen LogP contribution < -0.4 is 5.32 Å². The molecule has 2 heteroatoms. The second kappa shape index (κ2) is 2.76. The second-order valence-electron chi connectivity index (χ2n) is 4.01. The van der Waals surface area contributed by atoms with Crippen LogP contribution in [0, 0.1) is 0 Å². The van der Waals surface area contributed by atoms with Gasteiger partial charge in [-0.1, -0.05) is 19.3 Å². The van der Waals surface area contributed by atoms with E-state index in [1.807, 2.05) is 0 Å². The topological polar surface area (TPSA) is 32.3 Å². The molecule has 2 fully saturated rings. The summed E-state index contributed by atoms with van der Waals surface area (Å²) < 4.78 is 0. The molecule has 2 nitrogen and oxygen atoms in total. The van der Waals surface area contributed by atoms with Crippen molar-refractivity contribution in [1.82, 2.24) is 5.32 Å². The van der Waals surface area contributed by atoms with Crippen molar-refractivity contribution < 1.29 is 5.11 Å². The Morgan fingerprint density at radius 1 is 1.09 bits per heavy atom. The molecule has 2 aliphatic carbocycles. The molecule has 0 atom stereocenters. The van der Waals surface area contributed by atoms with E-state index in [9.17, 15) is 5.11 Å². The molecule has 0 bridgehead atoms. The first kappa shape index (κ1) is 7.56. The Kier molecular flexibility index (Phi) is 1.90. The minimum Gasteiger partial charge on any atom is -0.376 e. The van der Waals surface area contributed by atoms with Gasteiger partial charge in [-0.25, -0.2) is 0 Å². The highest BCUT2D eigenvalue weighted by Crippen LogP contribution is 2.34. The molecule has 0 aliphatic heterocycles. The first-order valence-corrected chi connectivity index (χ1v) is 4.79. The van der Waals surface area contributed by atoms with Crippen molar-refractivity contribution in [3.63, 3.8) is 0 Å². The Morgan fingerprint density at radius 3 is 2.27 bits per heavy atom. The van der Waals surface area contributed by atoms with Crippen LogP contribution in [0.5, 0.6) is 0 Å². The van der Waals surface area contributed by atoms with Crippen molar-refractivity contribution >= 4 is 0 Å². The standard InChI is InChI=1S/C9H17NO/c11-9(6-7-9)10-8-4-2-1-3-5-8/h8,10-11H,1-7H2. The van der Waals surface area contributed by atoms with Crippen LogP contribution in [0.25, 0.3) is 0 Å². The average molecular weight is 155 g/mol. The molecule has 0 aromatic rings. The van der Waals surface area contributed by atoms with Gasteiger partial charge in [-0.3, -0.25) is 5.32 Å². The Labute approximate surface area is 68.0 Å². The molecular weight excluding hydrogens is 138 g/mol. The Bertz CT molecular complexity index is 136. The molecule has 11 heavy (non-hydrogen) atoms. The third-order valence-corrected chi connectivity index (χ3v) is 2.80. The van der Waals surface area contributed by atoms with E-state index >= 15 is 0 Å². The highest BCUT2D eigenvalue weighted by molar-refractivity contribution is 4.93. The molecule has 0 unspecified atom stereocenters. The fraction of sp³-hybridized carbons (Fsp3) is 1.00. The summed E-state index contributed by atoms with van der Waals surface area (Å²) in [6.07, 6.45) is 8.52. The maximum atomic E-state index is 9.57.